The summed E-state index contributed by atoms with van der Waals surface area (Å²) in [7, 11) is -4.15. The third-order valence-corrected chi connectivity index (χ3v) is 2.38. The van der Waals surface area contributed by atoms with Gasteiger partial charge in [-0.25, -0.2) is 8.42 Å². The van der Waals surface area contributed by atoms with Gasteiger partial charge in [0.1, 0.15) is 10.1 Å². The number of hydrogen-bond acceptors (Lipinski definition) is 3. The normalized spacial score (nSPS) is 13.3. The molecular weight excluding hydrogens is 175 g/mol. The fourth-order valence-electron chi connectivity index (χ4n) is 0.665. The minimum Gasteiger partial charge on any atom is -0.747 e. The van der Waals surface area contributed by atoms with Crippen molar-refractivity contribution >= 4 is 10.1 Å². The van der Waals surface area contributed by atoms with E-state index in [4.69, 9.17) is 0 Å². The van der Waals surface area contributed by atoms with Crippen LogP contribution in [0.25, 0.3) is 0 Å². The first-order valence-corrected chi connectivity index (χ1v) is 4.56. The first kappa shape index (κ1) is 14.2. The summed E-state index contributed by atoms with van der Waals surface area (Å²) in [5.74, 6) is 0. The third-order valence-electron chi connectivity index (χ3n) is 1.21. The van der Waals surface area contributed by atoms with Crippen LogP contribution in [0.4, 0.5) is 0 Å². The van der Waals surface area contributed by atoms with Gasteiger partial charge in [-0.2, -0.15) is 0 Å². The molecule has 0 bridgehead atoms. The van der Waals surface area contributed by atoms with Gasteiger partial charge >= 0.3 is 29.6 Å². The summed E-state index contributed by atoms with van der Waals surface area (Å²) in [5.41, 5.74) is 0. The van der Waals surface area contributed by atoms with Gasteiger partial charge in [0.15, 0.2) is 0 Å². The molecule has 0 aromatic heterocycles. The Balaban J connectivity index is 0. The minimum atomic E-state index is -4.15. The van der Waals surface area contributed by atoms with Gasteiger partial charge < -0.3 is 4.55 Å². The maximum absolute atomic E-state index is 10.3. The van der Waals surface area contributed by atoms with Crippen molar-refractivity contribution < 1.29 is 42.5 Å². The largest absolute Gasteiger partial charge is 1.00 e. The topological polar surface area (TPSA) is 57.2 Å². The SMILES string of the molecule is C=CC(CCC)S(=O)(=O)[O-].[Na+]. The van der Waals surface area contributed by atoms with Crippen LogP contribution in [0.3, 0.4) is 0 Å². The summed E-state index contributed by atoms with van der Waals surface area (Å²) < 4.78 is 31.0. The van der Waals surface area contributed by atoms with E-state index in [1.165, 1.54) is 6.08 Å². The van der Waals surface area contributed by atoms with E-state index in [-0.39, 0.29) is 29.6 Å². The zero-order chi connectivity index (χ0) is 8.20. The summed E-state index contributed by atoms with van der Waals surface area (Å²) >= 11 is 0. The van der Waals surface area contributed by atoms with Crippen LogP contribution in [-0.2, 0) is 10.1 Å². The first-order chi connectivity index (χ1) is 4.52. The smallest absolute Gasteiger partial charge is 0.747 e. The predicted octanol–water partition coefficient (Wildman–Crippen LogP) is -2.11. The van der Waals surface area contributed by atoms with Crippen molar-refractivity contribution in [3.63, 3.8) is 0 Å². The maximum Gasteiger partial charge on any atom is 1.00 e. The van der Waals surface area contributed by atoms with Gasteiger partial charge in [0.2, 0.25) is 0 Å². The summed E-state index contributed by atoms with van der Waals surface area (Å²) in [6.07, 6.45) is 2.24. The quantitative estimate of drug-likeness (QED) is 0.287. The van der Waals surface area contributed by atoms with Crippen LogP contribution in [0.5, 0.6) is 0 Å². The second-order valence-electron chi connectivity index (χ2n) is 2.06. The Morgan fingerprint density at radius 2 is 2.09 bits per heavy atom. The van der Waals surface area contributed by atoms with E-state index in [1.807, 2.05) is 6.92 Å². The molecule has 0 amide bonds. The van der Waals surface area contributed by atoms with Gasteiger partial charge in [-0.3, -0.25) is 0 Å². The van der Waals surface area contributed by atoms with Crippen LogP contribution in [0.2, 0.25) is 0 Å². The maximum atomic E-state index is 10.3. The van der Waals surface area contributed by atoms with E-state index < -0.39 is 15.4 Å². The monoisotopic (exact) mass is 186 g/mol. The Morgan fingerprint density at radius 1 is 1.64 bits per heavy atom. The van der Waals surface area contributed by atoms with Gasteiger partial charge in [0.05, 0.1) is 5.25 Å². The van der Waals surface area contributed by atoms with Gasteiger partial charge in [0.25, 0.3) is 0 Å². The van der Waals surface area contributed by atoms with E-state index in [2.05, 4.69) is 6.58 Å². The molecule has 1 atom stereocenters. The van der Waals surface area contributed by atoms with Gasteiger partial charge in [-0.1, -0.05) is 19.4 Å². The zero-order valence-corrected chi connectivity index (χ0v) is 9.73. The van der Waals surface area contributed by atoms with E-state index in [0.717, 1.165) is 0 Å². The van der Waals surface area contributed by atoms with E-state index in [0.29, 0.717) is 12.8 Å². The molecule has 0 aromatic carbocycles. The molecule has 3 nitrogen and oxygen atoms in total. The zero-order valence-electron chi connectivity index (χ0n) is 6.91. The average Bonchev–Trinajstić information content (AvgIpc) is 1.80. The second kappa shape index (κ2) is 6.20. The van der Waals surface area contributed by atoms with Crippen LogP contribution >= 0.6 is 0 Å². The van der Waals surface area contributed by atoms with Crippen LogP contribution in [0, 0.1) is 0 Å². The van der Waals surface area contributed by atoms with Crippen molar-refractivity contribution in [3.05, 3.63) is 12.7 Å². The molecule has 0 rings (SSSR count). The molecule has 0 aliphatic carbocycles. The molecule has 5 heteroatoms. The van der Waals surface area contributed by atoms with Crippen LogP contribution in [-0.4, -0.2) is 18.2 Å². The van der Waals surface area contributed by atoms with Crippen LogP contribution in [0.1, 0.15) is 19.8 Å². The van der Waals surface area contributed by atoms with Crippen molar-refractivity contribution in [1.82, 2.24) is 0 Å². The van der Waals surface area contributed by atoms with Gasteiger partial charge in [-0.05, 0) is 6.42 Å². The molecule has 1 unspecified atom stereocenters. The van der Waals surface area contributed by atoms with Crippen LogP contribution in [0.15, 0.2) is 12.7 Å². The molecule has 0 radical (unpaired) electrons. The molecule has 0 aromatic rings. The Bertz CT molecular complexity index is 198. The fourth-order valence-corrected chi connectivity index (χ4v) is 1.42. The Labute approximate surface area is 89.9 Å². The molecule has 0 aliphatic heterocycles. The molecule has 60 valence electrons. The van der Waals surface area contributed by atoms with Crippen LogP contribution < -0.4 is 29.6 Å². The Hall–Kier alpha value is 0.650. The molecule has 0 fully saturated rings. The summed E-state index contributed by atoms with van der Waals surface area (Å²) in [5, 5.41) is -0.905. The fraction of sp³-hybridized carbons (Fsp3) is 0.667. The minimum absolute atomic E-state index is 0. The molecule has 0 saturated carbocycles. The van der Waals surface area contributed by atoms with E-state index in [1.54, 1.807) is 0 Å². The van der Waals surface area contributed by atoms with E-state index >= 15 is 0 Å². The molecule has 0 N–H and O–H groups in total. The molecule has 0 spiro atoms. The predicted molar refractivity (Wildman–Crippen MR) is 38.6 cm³/mol. The van der Waals surface area contributed by atoms with Crippen molar-refractivity contribution in [2.45, 2.75) is 25.0 Å². The van der Waals surface area contributed by atoms with Crippen molar-refractivity contribution in [2.75, 3.05) is 0 Å². The summed E-state index contributed by atoms with van der Waals surface area (Å²) in [4.78, 5) is 0. The first-order valence-electron chi connectivity index (χ1n) is 3.09. The summed E-state index contributed by atoms with van der Waals surface area (Å²) in [6, 6.07) is 0. The van der Waals surface area contributed by atoms with Gasteiger partial charge in [0, 0.05) is 0 Å². The molecule has 0 heterocycles. The summed E-state index contributed by atoms with van der Waals surface area (Å²) in [6.45, 7) is 5.09. The van der Waals surface area contributed by atoms with Gasteiger partial charge in [-0.15, -0.1) is 6.58 Å². The van der Waals surface area contributed by atoms with Crippen molar-refractivity contribution in [3.8, 4) is 0 Å². The molecule has 0 saturated heterocycles. The molecule has 11 heavy (non-hydrogen) atoms. The second-order valence-corrected chi connectivity index (χ2v) is 3.65. The average molecular weight is 186 g/mol. The third kappa shape index (κ3) is 5.87. The molecule has 0 aliphatic rings. The Kier molecular flexibility index (Phi) is 7.99. The van der Waals surface area contributed by atoms with E-state index in [9.17, 15) is 13.0 Å². The standard InChI is InChI=1S/C6H12O3S.Na/c1-3-5-6(4-2)10(7,8)9;/h4,6H,2-3,5H2,1H3,(H,7,8,9);/q;+1/p-1. The number of rotatable bonds is 4. The Morgan fingerprint density at radius 3 is 2.18 bits per heavy atom. The number of hydrogen-bond donors (Lipinski definition) is 0. The van der Waals surface area contributed by atoms with Crippen molar-refractivity contribution in [1.29, 1.82) is 0 Å². The van der Waals surface area contributed by atoms with Crippen molar-refractivity contribution in [2.24, 2.45) is 0 Å². The molecular formula is C6H11NaO3S.